The molecule has 1 aromatic carbocycles. The molecule has 0 atom stereocenters. The molecule has 1 fully saturated rings. The van der Waals surface area contributed by atoms with Gasteiger partial charge in [-0.15, -0.1) is 0 Å². The summed E-state index contributed by atoms with van der Waals surface area (Å²) >= 11 is 0. The molecule has 0 radical (unpaired) electrons. The van der Waals surface area contributed by atoms with E-state index in [4.69, 9.17) is 5.73 Å². The maximum Gasteiger partial charge on any atom is 0.0317 e. The smallest absolute Gasteiger partial charge is 0.0317 e. The summed E-state index contributed by atoms with van der Waals surface area (Å²) < 4.78 is 0. The molecule has 2 nitrogen and oxygen atoms in total. The first kappa shape index (κ1) is 10.2. The Labute approximate surface area is 97.4 Å². The van der Waals surface area contributed by atoms with Gasteiger partial charge >= 0.3 is 0 Å². The molecule has 2 aliphatic rings. The minimum absolute atomic E-state index is 0.478. The van der Waals surface area contributed by atoms with Crippen molar-refractivity contribution >= 4 is 5.69 Å². The molecule has 1 aromatic rings. The van der Waals surface area contributed by atoms with Gasteiger partial charge in [-0.3, -0.25) is 4.90 Å². The maximum atomic E-state index is 5.89. The molecule has 2 heteroatoms. The topological polar surface area (TPSA) is 29.3 Å². The second-order valence-electron chi connectivity index (χ2n) is 5.70. The summed E-state index contributed by atoms with van der Waals surface area (Å²) in [5, 5.41) is 0. The van der Waals surface area contributed by atoms with Crippen LogP contribution in [0.3, 0.4) is 0 Å². The SMILES string of the molecule is CC(C)N1Cc2cc(N)ccc2C2(CC2)C1. The third-order valence-electron chi connectivity index (χ3n) is 4.16. The van der Waals surface area contributed by atoms with Gasteiger partial charge in [0.2, 0.25) is 0 Å². The predicted octanol–water partition coefficient (Wildman–Crippen LogP) is 2.52. The fourth-order valence-electron chi connectivity index (χ4n) is 2.95. The molecule has 1 aliphatic carbocycles. The third-order valence-corrected chi connectivity index (χ3v) is 4.16. The van der Waals surface area contributed by atoms with Crippen LogP contribution in [0.5, 0.6) is 0 Å². The molecule has 2 N–H and O–H groups in total. The Kier molecular flexibility index (Phi) is 2.05. The zero-order valence-corrected chi connectivity index (χ0v) is 10.2. The van der Waals surface area contributed by atoms with E-state index in [0.29, 0.717) is 11.5 Å². The van der Waals surface area contributed by atoms with Gasteiger partial charge in [-0.05, 0) is 49.9 Å². The Morgan fingerprint density at radius 2 is 2.06 bits per heavy atom. The summed E-state index contributed by atoms with van der Waals surface area (Å²) in [4.78, 5) is 2.58. The fraction of sp³-hybridized carbons (Fsp3) is 0.571. The second kappa shape index (κ2) is 3.24. The van der Waals surface area contributed by atoms with Crippen molar-refractivity contribution in [3.8, 4) is 0 Å². The molecule has 16 heavy (non-hydrogen) atoms. The van der Waals surface area contributed by atoms with Crippen LogP contribution in [-0.4, -0.2) is 17.5 Å². The molecule has 0 amide bonds. The maximum absolute atomic E-state index is 5.89. The monoisotopic (exact) mass is 216 g/mol. The number of nitrogen functional groups attached to an aromatic ring is 1. The van der Waals surface area contributed by atoms with Gasteiger partial charge in [0, 0.05) is 30.2 Å². The lowest BCUT2D eigenvalue weighted by Gasteiger charge is -2.37. The van der Waals surface area contributed by atoms with E-state index in [0.717, 1.165) is 12.2 Å². The first-order valence-corrected chi connectivity index (χ1v) is 6.24. The van der Waals surface area contributed by atoms with E-state index < -0.39 is 0 Å². The number of benzene rings is 1. The first-order chi connectivity index (χ1) is 7.61. The number of anilines is 1. The van der Waals surface area contributed by atoms with Crippen molar-refractivity contribution in [3.05, 3.63) is 29.3 Å². The molecule has 1 spiro atoms. The summed E-state index contributed by atoms with van der Waals surface area (Å²) in [6.45, 7) is 6.88. The van der Waals surface area contributed by atoms with Gasteiger partial charge in [0.1, 0.15) is 0 Å². The van der Waals surface area contributed by atoms with Crippen LogP contribution < -0.4 is 5.73 Å². The zero-order chi connectivity index (χ0) is 11.3. The average molecular weight is 216 g/mol. The summed E-state index contributed by atoms with van der Waals surface area (Å²) in [5.41, 5.74) is 10.3. The number of hydrogen-bond acceptors (Lipinski definition) is 2. The minimum Gasteiger partial charge on any atom is -0.399 e. The zero-order valence-electron chi connectivity index (χ0n) is 10.2. The Morgan fingerprint density at radius 3 is 2.69 bits per heavy atom. The van der Waals surface area contributed by atoms with Crippen molar-refractivity contribution in [3.63, 3.8) is 0 Å². The molecule has 0 unspecified atom stereocenters. The summed E-state index contributed by atoms with van der Waals surface area (Å²) in [6, 6.07) is 7.12. The normalized spacial score (nSPS) is 22.4. The quantitative estimate of drug-likeness (QED) is 0.731. The Morgan fingerprint density at radius 1 is 1.31 bits per heavy atom. The molecule has 0 aromatic heterocycles. The van der Waals surface area contributed by atoms with Gasteiger partial charge in [-0.2, -0.15) is 0 Å². The second-order valence-corrected chi connectivity index (χ2v) is 5.70. The van der Waals surface area contributed by atoms with Crippen molar-refractivity contribution in [2.24, 2.45) is 0 Å². The van der Waals surface area contributed by atoms with E-state index >= 15 is 0 Å². The highest BCUT2D eigenvalue weighted by molar-refractivity contribution is 5.50. The Balaban J connectivity index is 2.03. The van der Waals surface area contributed by atoms with Crippen LogP contribution in [0.15, 0.2) is 18.2 Å². The Hall–Kier alpha value is -1.02. The van der Waals surface area contributed by atoms with Crippen LogP contribution in [0.25, 0.3) is 0 Å². The van der Waals surface area contributed by atoms with E-state index in [1.165, 1.54) is 24.9 Å². The number of nitrogens with zero attached hydrogens (tertiary/aromatic N) is 1. The van der Waals surface area contributed by atoms with Crippen LogP contribution in [0.2, 0.25) is 0 Å². The van der Waals surface area contributed by atoms with Gasteiger partial charge in [-0.25, -0.2) is 0 Å². The molecule has 1 heterocycles. The largest absolute Gasteiger partial charge is 0.399 e. The van der Waals surface area contributed by atoms with E-state index in [1.807, 2.05) is 0 Å². The number of fused-ring (bicyclic) bond motifs is 2. The summed E-state index contributed by atoms with van der Waals surface area (Å²) in [7, 11) is 0. The van der Waals surface area contributed by atoms with E-state index in [9.17, 15) is 0 Å². The standard InChI is InChI=1S/C14H20N2/c1-10(2)16-8-11-7-12(15)3-4-13(11)14(9-16)5-6-14/h3-4,7,10H,5-6,8-9,15H2,1-2H3. The van der Waals surface area contributed by atoms with Crippen LogP contribution >= 0.6 is 0 Å². The lowest BCUT2D eigenvalue weighted by Crippen LogP contribution is -2.41. The lowest BCUT2D eigenvalue weighted by atomic mass is 9.86. The molecule has 0 bridgehead atoms. The third kappa shape index (κ3) is 1.44. The van der Waals surface area contributed by atoms with E-state index in [2.05, 4.69) is 36.9 Å². The highest BCUT2D eigenvalue weighted by atomic mass is 15.2. The van der Waals surface area contributed by atoms with Crippen molar-refractivity contribution in [1.82, 2.24) is 4.90 Å². The highest BCUT2D eigenvalue weighted by Gasteiger charge is 2.49. The molecule has 3 rings (SSSR count). The highest BCUT2D eigenvalue weighted by Crippen LogP contribution is 2.52. The predicted molar refractivity (Wildman–Crippen MR) is 67.3 cm³/mol. The summed E-state index contributed by atoms with van der Waals surface area (Å²) in [5.74, 6) is 0. The van der Waals surface area contributed by atoms with Crippen molar-refractivity contribution in [1.29, 1.82) is 0 Å². The van der Waals surface area contributed by atoms with Crippen molar-refractivity contribution in [2.75, 3.05) is 12.3 Å². The van der Waals surface area contributed by atoms with Gasteiger partial charge in [-0.1, -0.05) is 6.07 Å². The van der Waals surface area contributed by atoms with Crippen molar-refractivity contribution in [2.45, 2.75) is 44.7 Å². The molecule has 86 valence electrons. The molecule has 0 saturated heterocycles. The molecule has 1 saturated carbocycles. The van der Waals surface area contributed by atoms with Gasteiger partial charge in [0.25, 0.3) is 0 Å². The Bertz CT molecular complexity index is 419. The molecular weight excluding hydrogens is 196 g/mol. The van der Waals surface area contributed by atoms with Gasteiger partial charge in [0.15, 0.2) is 0 Å². The van der Waals surface area contributed by atoms with Crippen LogP contribution in [0, 0.1) is 0 Å². The fourth-order valence-corrected chi connectivity index (χ4v) is 2.95. The van der Waals surface area contributed by atoms with E-state index in [-0.39, 0.29) is 0 Å². The average Bonchev–Trinajstić information content (AvgIpc) is 2.97. The van der Waals surface area contributed by atoms with E-state index in [1.54, 1.807) is 5.56 Å². The number of hydrogen-bond donors (Lipinski definition) is 1. The first-order valence-electron chi connectivity index (χ1n) is 6.24. The number of rotatable bonds is 1. The van der Waals surface area contributed by atoms with Crippen LogP contribution in [-0.2, 0) is 12.0 Å². The minimum atomic E-state index is 0.478. The molecular formula is C14H20N2. The van der Waals surface area contributed by atoms with Gasteiger partial charge in [0.05, 0.1) is 0 Å². The van der Waals surface area contributed by atoms with Crippen LogP contribution in [0.4, 0.5) is 5.69 Å². The molecule has 1 aliphatic heterocycles. The number of nitrogens with two attached hydrogens (primary N) is 1. The van der Waals surface area contributed by atoms with Crippen LogP contribution in [0.1, 0.15) is 37.8 Å². The van der Waals surface area contributed by atoms with Crippen molar-refractivity contribution < 1.29 is 0 Å². The lowest BCUT2D eigenvalue weighted by molar-refractivity contribution is 0.177. The summed E-state index contributed by atoms with van der Waals surface area (Å²) in [6.07, 6.45) is 2.71. The van der Waals surface area contributed by atoms with Gasteiger partial charge < -0.3 is 5.73 Å².